The van der Waals surface area contributed by atoms with Crippen molar-refractivity contribution < 1.29 is 27.5 Å². The Bertz CT molecular complexity index is 810. The molecule has 0 saturated heterocycles. The van der Waals surface area contributed by atoms with Gasteiger partial charge in [0.1, 0.15) is 11.8 Å². The van der Waals surface area contributed by atoms with E-state index in [4.69, 9.17) is 11.6 Å². The number of carbonyl (C=O) groups excluding carboxylic acids is 2. The van der Waals surface area contributed by atoms with E-state index in [0.29, 0.717) is 5.56 Å². The molecule has 0 heterocycles. The Hall–Kier alpha value is -2.74. The first-order valence-electron chi connectivity index (χ1n) is 7.83. The topological polar surface area (TPSA) is 67.4 Å². The second-order valence-electron chi connectivity index (χ2n) is 5.58. The molecule has 2 N–H and O–H groups in total. The lowest BCUT2D eigenvalue weighted by molar-refractivity contribution is -0.274. The van der Waals surface area contributed by atoms with Crippen molar-refractivity contribution >= 4 is 23.4 Å². The fourth-order valence-corrected chi connectivity index (χ4v) is 2.36. The number of nitrogens with one attached hydrogen (secondary N) is 2. The number of amides is 2. The summed E-state index contributed by atoms with van der Waals surface area (Å²) < 4.78 is 40.1. The Balaban J connectivity index is 1.86. The first-order valence-corrected chi connectivity index (χ1v) is 8.21. The predicted octanol–water partition coefficient (Wildman–Crippen LogP) is 3.67. The largest absolute Gasteiger partial charge is 0.573 e. The van der Waals surface area contributed by atoms with Crippen LogP contribution < -0.4 is 15.4 Å². The molecule has 0 saturated carbocycles. The molecule has 0 aliphatic carbocycles. The summed E-state index contributed by atoms with van der Waals surface area (Å²) in [6.07, 6.45) is -4.76. The van der Waals surface area contributed by atoms with Gasteiger partial charge in [0.05, 0.1) is 10.6 Å². The monoisotopic (exact) mass is 400 g/mol. The summed E-state index contributed by atoms with van der Waals surface area (Å²) in [6, 6.07) is 10.7. The summed E-state index contributed by atoms with van der Waals surface area (Å²) in [4.78, 5) is 24.2. The molecular weight excluding hydrogens is 385 g/mol. The van der Waals surface area contributed by atoms with E-state index in [-0.39, 0.29) is 22.9 Å². The average molecular weight is 401 g/mol. The van der Waals surface area contributed by atoms with E-state index in [0.717, 1.165) is 12.1 Å². The maximum Gasteiger partial charge on any atom is 0.573 e. The molecule has 2 amide bonds. The Kier molecular flexibility index (Phi) is 6.68. The molecule has 9 heteroatoms. The summed E-state index contributed by atoms with van der Waals surface area (Å²) in [7, 11) is 0. The highest BCUT2D eigenvalue weighted by Gasteiger charge is 2.30. The van der Waals surface area contributed by atoms with E-state index >= 15 is 0 Å². The fourth-order valence-electron chi connectivity index (χ4n) is 2.14. The van der Waals surface area contributed by atoms with E-state index in [2.05, 4.69) is 15.4 Å². The second kappa shape index (κ2) is 8.77. The molecule has 5 nitrogen and oxygen atoms in total. The molecule has 2 rings (SSSR count). The number of alkyl halides is 3. The van der Waals surface area contributed by atoms with Crippen molar-refractivity contribution in [2.75, 3.05) is 0 Å². The van der Waals surface area contributed by atoms with Gasteiger partial charge in [0.25, 0.3) is 5.91 Å². The lowest BCUT2D eigenvalue weighted by Crippen LogP contribution is -2.44. The third-order valence-corrected chi connectivity index (χ3v) is 3.81. The maximum atomic E-state index is 12.1. The Labute approximate surface area is 158 Å². The Morgan fingerprint density at radius 2 is 1.74 bits per heavy atom. The van der Waals surface area contributed by atoms with Gasteiger partial charge < -0.3 is 15.4 Å². The number of benzene rings is 2. The first kappa shape index (κ1) is 20.6. The van der Waals surface area contributed by atoms with Gasteiger partial charge in [-0.2, -0.15) is 0 Å². The van der Waals surface area contributed by atoms with Crippen LogP contribution in [0.4, 0.5) is 13.2 Å². The molecule has 2 aromatic rings. The molecular formula is C18H16ClF3N2O3. The van der Waals surface area contributed by atoms with Crippen molar-refractivity contribution in [3.05, 3.63) is 64.7 Å². The van der Waals surface area contributed by atoms with Crippen LogP contribution in [0.15, 0.2) is 48.5 Å². The molecule has 0 aliphatic heterocycles. The summed E-state index contributed by atoms with van der Waals surface area (Å²) in [5.74, 6) is -1.29. The average Bonchev–Trinajstić information content (AvgIpc) is 2.59. The van der Waals surface area contributed by atoms with Crippen LogP contribution in [0.5, 0.6) is 5.75 Å². The first-order chi connectivity index (χ1) is 12.7. The molecule has 1 atom stereocenters. The second-order valence-corrected chi connectivity index (χ2v) is 5.99. The summed E-state index contributed by atoms with van der Waals surface area (Å²) >= 11 is 5.93. The number of hydrogen-bond acceptors (Lipinski definition) is 3. The SMILES string of the molecule is CC(NC(=O)c1ccccc1Cl)C(=O)NCc1ccc(OC(F)(F)F)cc1. The number of carbonyl (C=O) groups is 2. The van der Waals surface area contributed by atoms with Gasteiger partial charge in [-0.1, -0.05) is 35.9 Å². The molecule has 0 spiro atoms. The molecule has 1 unspecified atom stereocenters. The van der Waals surface area contributed by atoms with E-state index in [1.165, 1.54) is 25.1 Å². The van der Waals surface area contributed by atoms with E-state index in [1.54, 1.807) is 18.2 Å². The molecule has 0 fully saturated rings. The third-order valence-electron chi connectivity index (χ3n) is 3.48. The predicted molar refractivity (Wildman–Crippen MR) is 93.4 cm³/mol. The van der Waals surface area contributed by atoms with Crippen molar-refractivity contribution in [2.24, 2.45) is 0 Å². The van der Waals surface area contributed by atoms with Gasteiger partial charge in [-0.05, 0) is 36.8 Å². The number of rotatable bonds is 6. The minimum atomic E-state index is -4.76. The summed E-state index contributed by atoms with van der Waals surface area (Å²) in [6.45, 7) is 1.59. The van der Waals surface area contributed by atoms with Gasteiger partial charge in [0.15, 0.2) is 0 Å². The van der Waals surface area contributed by atoms with Crippen molar-refractivity contribution in [3.8, 4) is 5.75 Å². The van der Waals surface area contributed by atoms with Gasteiger partial charge in [-0.25, -0.2) is 0 Å². The Morgan fingerprint density at radius 1 is 1.11 bits per heavy atom. The van der Waals surface area contributed by atoms with E-state index in [1.807, 2.05) is 0 Å². The van der Waals surface area contributed by atoms with Crippen LogP contribution in [-0.4, -0.2) is 24.2 Å². The maximum absolute atomic E-state index is 12.1. The van der Waals surface area contributed by atoms with Gasteiger partial charge in [-0.3, -0.25) is 9.59 Å². The lowest BCUT2D eigenvalue weighted by atomic mass is 10.2. The lowest BCUT2D eigenvalue weighted by Gasteiger charge is -2.15. The standard InChI is InChI=1S/C18H16ClF3N2O3/c1-11(24-17(26)14-4-2-3-5-15(14)19)16(25)23-10-12-6-8-13(9-7-12)27-18(20,21)22/h2-9,11H,10H2,1H3,(H,23,25)(H,24,26). The highest BCUT2D eigenvalue weighted by atomic mass is 35.5. The highest BCUT2D eigenvalue weighted by molar-refractivity contribution is 6.33. The van der Waals surface area contributed by atoms with Crippen LogP contribution in [0.2, 0.25) is 5.02 Å². The molecule has 0 bridgehead atoms. The normalized spacial score (nSPS) is 12.2. The van der Waals surface area contributed by atoms with Gasteiger partial charge in [0.2, 0.25) is 5.91 Å². The number of halogens is 4. The van der Waals surface area contributed by atoms with Crippen LogP contribution in [0, 0.1) is 0 Å². The summed E-state index contributed by atoms with van der Waals surface area (Å²) in [5.41, 5.74) is 0.821. The van der Waals surface area contributed by atoms with Crippen LogP contribution in [0.1, 0.15) is 22.8 Å². The fraction of sp³-hybridized carbons (Fsp3) is 0.222. The van der Waals surface area contributed by atoms with Crippen LogP contribution in [0.25, 0.3) is 0 Å². The zero-order chi connectivity index (χ0) is 20.0. The minimum absolute atomic E-state index is 0.0808. The molecule has 0 aromatic heterocycles. The van der Waals surface area contributed by atoms with Crippen molar-refractivity contribution in [3.63, 3.8) is 0 Å². The number of ether oxygens (including phenoxy) is 1. The molecule has 2 aromatic carbocycles. The molecule has 0 aliphatic rings. The van der Waals surface area contributed by atoms with Crippen molar-refractivity contribution in [1.29, 1.82) is 0 Å². The highest BCUT2D eigenvalue weighted by Crippen LogP contribution is 2.22. The third kappa shape index (κ3) is 6.49. The number of hydrogen-bond donors (Lipinski definition) is 2. The van der Waals surface area contributed by atoms with Gasteiger partial charge >= 0.3 is 6.36 Å². The van der Waals surface area contributed by atoms with Gasteiger partial charge in [-0.15, -0.1) is 13.2 Å². The summed E-state index contributed by atoms with van der Waals surface area (Å²) in [5, 5.41) is 5.38. The smallest absolute Gasteiger partial charge is 0.406 e. The Morgan fingerprint density at radius 3 is 2.33 bits per heavy atom. The van der Waals surface area contributed by atoms with Crippen LogP contribution >= 0.6 is 11.6 Å². The zero-order valence-corrected chi connectivity index (χ0v) is 14.9. The van der Waals surface area contributed by atoms with Crippen molar-refractivity contribution in [1.82, 2.24) is 10.6 Å². The van der Waals surface area contributed by atoms with Gasteiger partial charge in [0, 0.05) is 6.54 Å². The van der Waals surface area contributed by atoms with Crippen LogP contribution in [-0.2, 0) is 11.3 Å². The minimum Gasteiger partial charge on any atom is -0.406 e. The molecule has 144 valence electrons. The van der Waals surface area contributed by atoms with E-state index in [9.17, 15) is 22.8 Å². The quantitative estimate of drug-likeness (QED) is 0.777. The zero-order valence-electron chi connectivity index (χ0n) is 14.1. The van der Waals surface area contributed by atoms with Crippen LogP contribution in [0.3, 0.4) is 0 Å². The molecule has 27 heavy (non-hydrogen) atoms. The molecule has 0 radical (unpaired) electrons. The van der Waals surface area contributed by atoms with Crippen molar-refractivity contribution in [2.45, 2.75) is 25.9 Å². The van der Waals surface area contributed by atoms with E-state index < -0.39 is 24.2 Å².